The molecule has 14 heavy (non-hydrogen) atoms. The predicted octanol–water partition coefficient (Wildman–Crippen LogP) is 3.85. The van der Waals surface area contributed by atoms with E-state index >= 15 is 0 Å². The van der Waals surface area contributed by atoms with Crippen molar-refractivity contribution in [3.63, 3.8) is 0 Å². The van der Waals surface area contributed by atoms with Crippen molar-refractivity contribution >= 4 is 31.9 Å². The molecule has 0 heterocycles. The highest BCUT2D eigenvalue weighted by Gasteiger charge is 2.17. The monoisotopic (exact) mass is 322 g/mol. The quantitative estimate of drug-likeness (QED) is 0.823. The lowest BCUT2D eigenvalue weighted by Crippen LogP contribution is -1.97. The van der Waals surface area contributed by atoms with Gasteiger partial charge < -0.3 is 9.47 Å². The maximum Gasteiger partial charge on any atom is 0.139 e. The average molecular weight is 324 g/mol. The molecule has 78 valence electrons. The summed E-state index contributed by atoms with van der Waals surface area (Å²) in [5.41, 5.74) is 2.06. The highest BCUT2D eigenvalue weighted by molar-refractivity contribution is 9.11. The lowest BCUT2D eigenvalue weighted by molar-refractivity contribution is 0.384. The van der Waals surface area contributed by atoms with Crippen molar-refractivity contribution in [3.8, 4) is 11.5 Å². The molecule has 0 saturated heterocycles. The summed E-state index contributed by atoms with van der Waals surface area (Å²) in [6, 6.07) is 0. The van der Waals surface area contributed by atoms with Gasteiger partial charge in [0.05, 0.1) is 23.2 Å². The predicted molar refractivity (Wildman–Crippen MR) is 64.4 cm³/mol. The number of ether oxygens (including phenoxy) is 2. The van der Waals surface area contributed by atoms with Gasteiger partial charge in [0.2, 0.25) is 0 Å². The van der Waals surface area contributed by atoms with E-state index in [9.17, 15) is 0 Å². The molecule has 0 saturated carbocycles. The molecular weight excluding hydrogens is 312 g/mol. The molecule has 0 atom stereocenters. The molecule has 0 unspecified atom stereocenters. The zero-order valence-electron chi connectivity index (χ0n) is 8.57. The fraction of sp³-hybridized carbons (Fsp3) is 0.400. The zero-order valence-corrected chi connectivity index (χ0v) is 11.7. The highest BCUT2D eigenvalue weighted by Crippen LogP contribution is 2.43. The normalized spacial score (nSPS) is 10.1. The van der Waals surface area contributed by atoms with Gasteiger partial charge in [-0.2, -0.15) is 0 Å². The van der Waals surface area contributed by atoms with Crippen LogP contribution in [0.4, 0.5) is 0 Å². The van der Waals surface area contributed by atoms with Crippen LogP contribution in [-0.2, 0) is 0 Å². The Hall–Kier alpha value is -0.220. The summed E-state index contributed by atoms with van der Waals surface area (Å²) >= 11 is 6.99. The molecule has 1 aromatic rings. The molecule has 1 rings (SSSR count). The first-order valence-electron chi connectivity index (χ1n) is 4.10. The maximum atomic E-state index is 5.31. The number of hydrogen-bond acceptors (Lipinski definition) is 2. The van der Waals surface area contributed by atoms with Crippen molar-refractivity contribution in [2.24, 2.45) is 0 Å². The summed E-state index contributed by atoms with van der Waals surface area (Å²) in [5.74, 6) is 1.64. The van der Waals surface area contributed by atoms with Crippen LogP contribution in [0, 0.1) is 13.8 Å². The van der Waals surface area contributed by atoms with Crippen LogP contribution in [0.2, 0.25) is 0 Å². The van der Waals surface area contributed by atoms with Crippen LogP contribution in [-0.4, -0.2) is 14.2 Å². The second kappa shape index (κ2) is 4.53. The second-order valence-corrected chi connectivity index (χ2v) is 4.53. The van der Waals surface area contributed by atoms with Crippen molar-refractivity contribution < 1.29 is 9.47 Å². The molecule has 2 nitrogen and oxygen atoms in total. The molecule has 1 aromatic carbocycles. The van der Waals surface area contributed by atoms with Crippen LogP contribution in [0.25, 0.3) is 0 Å². The van der Waals surface area contributed by atoms with E-state index in [0.717, 1.165) is 31.6 Å². The number of halogens is 2. The van der Waals surface area contributed by atoms with Gasteiger partial charge >= 0.3 is 0 Å². The van der Waals surface area contributed by atoms with Crippen molar-refractivity contribution in [1.82, 2.24) is 0 Å². The Labute approximate surface area is 101 Å². The smallest absolute Gasteiger partial charge is 0.139 e. The van der Waals surface area contributed by atoms with Crippen molar-refractivity contribution in [1.29, 1.82) is 0 Å². The van der Waals surface area contributed by atoms with E-state index in [1.807, 2.05) is 13.8 Å². The number of benzene rings is 1. The van der Waals surface area contributed by atoms with Crippen molar-refractivity contribution in [2.45, 2.75) is 13.8 Å². The molecule has 0 aliphatic rings. The average Bonchev–Trinajstić information content (AvgIpc) is 2.16. The Bertz CT molecular complexity index is 331. The maximum absolute atomic E-state index is 5.31. The molecule has 4 heteroatoms. The van der Waals surface area contributed by atoms with Crippen LogP contribution in [0.1, 0.15) is 11.1 Å². The highest BCUT2D eigenvalue weighted by atomic mass is 79.9. The molecule has 0 N–H and O–H groups in total. The summed E-state index contributed by atoms with van der Waals surface area (Å²) in [4.78, 5) is 0. The molecule has 0 aliphatic heterocycles. The van der Waals surface area contributed by atoms with E-state index in [-0.39, 0.29) is 0 Å². The number of hydrogen-bond donors (Lipinski definition) is 0. The van der Waals surface area contributed by atoms with E-state index < -0.39 is 0 Å². The Balaban J connectivity index is 3.56. The number of methoxy groups -OCH3 is 2. The Kier molecular flexibility index (Phi) is 3.84. The second-order valence-electron chi connectivity index (χ2n) is 2.94. The van der Waals surface area contributed by atoms with E-state index in [1.165, 1.54) is 0 Å². The van der Waals surface area contributed by atoms with Gasteiger partial charge in [-0.15, -0.1) is 0 Å². The van der Waals surface area contributed by atoms with Gasteiger partial charge in [0, 0.05) is 5.56 Å². The third-order valence-corrected chi connectivity index (χ3v) is 4.06. The van der Waals surface area contributed by atoms with Gasteiger partial charge in [-0.3, -0.25) is 0 Å². The fourth-order valence-electron chi connectivity index (χ4n) is 1.35. The van der Waals surface area contributed by atoms with Gasteiger partial charge in [0.1, 0.15) is 11.5 Å². The third-order valence-electron chi connectivity index (χ3n) is 2.15. The first-order valence-corrected chi connectivity index (χ1v) is 5.69. The summed E-state index contributed by atoms with van der Waals surface area (Å²) < 4.78 is 12.5. The number of rotatable bonds is 2. The molecule has 0 fully saturated rings. The molecule has 0 aromatic heterocycles. The van der Waals surface area contributed by atoms with Crippen molar-refractivity contribution in [3.05, 3.63) is 20.1 Å². The minimum absolute atomic E-state index is 0.822. The summed E-state index contributed by atoms with van der Waals surface area (Å²) in [5, 5.41) is 0. The van der Waals surface area contributed by atoms with Crippen LogP contribution in [0.15, 0.2) is 8.95 Å². The molecule has 0 bridgehead atoms. The first-order chi connectivity index (χ1) is 6.54. The molecular formula is C10H12Br2O2. The van der Waals surface area contributed by atoms with Crippen LogP contribution < -0.4 is 9.47 Å². The van der Waals surface area contributed by atoms with Crippen LogP contribution >= 0.6 is 31.9 Å². The van der Waals surface area contributed by atoms with E-state index in [0.29, 0.717) is 0 Å². The largest absolute Gasteiger partial charge is 0.495 e. The summed E-state index contributed by atoms with van der Waals surface area (Å²) in [6.07, 6.45) is 0. The van der Waals surface area contributed by atoms with Gasteiger partial charge in [-0.05, 0) is 51.3 Å². The van der Waals surface area contributed by atoms with Gasteiger partial charge in [0.25, 0.3) is 0 Å². The standard InChI is InChI=1S/C10H12Br2O2/c1-5-7(11)9(13-3)6(2)10(14-4)8(5)12/h1-4H3. The minimum Gasteiger partial charge on any atom is -0.495 e. The van der Waals surface area contributed by atoms with Crippen LogP contribution in [0.5, 0.6) is 11.5 Å². The topological polar surface area (TPSA) is 18.5 Å². The van der Waals surface area contributed by atoms with Gasteiger partial charge in [-0.1, -0.05) is 0 Å². The molecule has 0 spiro atoms. The SMILES string of the molecule is COc1c(C)c(OC)c(Br)c(C)c1Br. The zero-order chi connectivity index (χ0) is 10.9. The Morgan fingerprint density at radius 1 is 0.786 bits per heavy atom. The Morgan fingerprint density at radius 3 is 1.43 bits per heavy atom. The minimum atomic E-state index is 0.822. The summed E-state index contributed by atoms with van der Waals surface area (Å²) in [7, 11) is 3.31. The Morgan fingerprint density at radius 2 is 1.14 bits per heavy atom. The van der Waals surface area contributed by atoms with E-state index in [4.69, 9.17) is 9.47 Å². The third kappa shape index (κ3) is 1.77. The fourth-order valence-corrected chi connectivity index (χ4v) is 2.94. The lowest BCUT2D eigenvalue weighted by atomic mass is 10.1. The van der Waals surface area contributed by atoms with Gasteiger partial charge in [-0.25, -0.2) is 0 Å². The molecule has 0 amide bonds. The molecule has 0 radical (unpaired) electrons. The van der Waals surface area contributed by atoms with E-state index in [1.54, 1.807) is 14.2 Å². The van der Waals surface area contributed by atoms with Crippen molar-refractivity contribution in [2.75, 3.05) is 14.2 Å². The van der Waals surface area contributed by atoms with Crippen LogP contribution in [0.3, 0.4) is 0 Å². The van der Waals surface area contributed by atoms with E-state index in [2.05, 4.69) is 31.9 Å². The lowest BCUT2D eigenvalue weighted by Gasteiger charge is -2.16. The summed E-state index contributed by atoms with van der Waals surface area (Å²) in [6.45, 7) is 3.96. The van der Waals surface area contributed by atoms with Gasteiger partial charge in [0.15, 0.2) is 0 Å². The first kappa shape index (κ1) is 11.9. The molecule has 0 aliphatic carbocycles.